The van der Waals surface area contributed by atoms with E-state index in [1.54, 1.807) is 6.20 Å². The Hall–Kier alpha value is -1.42. The largest absolute Gasteiger partial charge is 0.330 e. The molecule has 2 aromatic rings. The minimum absolute atomic E-state index is 0.307. The van der Waals surface area contributed by atoms with Gasteiger partial charge in [0.1, 0.15) is 0 Å². The zero-order valence-electron chi connectivity index (χ0n) is 8.56. The van der Waals surface area contributed by atoms with Crippen LogP contribution >= 0.6 is 0 Å². The van der Waals surface area contributed by atoms with Crippen LogP contribution in [0.4, 0.5) is 0 Å². The first-order valence-corrected chi connectivity index (χ1v) is 5.34. The Morgan fingerprint density at radius 3 is 3.07 bits per heavy atom. The molecule has 1 saturated carbocycles. The Balaban J connectivity index is 2.04. The number of rotatable bonds is 3. The zero-order chi connectivity index (χ0) is 10.3. The van der Waals surface area contributed by atoms with Gasteiger partial charge in [-0.3, -0.25) is 0 Å². The lowest BCUT2D eigenvalue weighted by Gasteiger charge is -2.13. The molecule has 2 heterocycles. The van der Waals surface area contributed by atoms with Crippen LogP contribution in [0.15, 0.2) is 24.7 Å². The SMILES string of the molecule is NCCC1(c2cnc3ccnn3c2)CC1. The lowest BCUT2D eigenvalue weighted by molar-refractivity contribution is 0.620. The van der Waals surface area contributed by atoms with E-state index in [2.05, 4.69) is 16.3 Å². The van der Waals surface area contributed by atoms with Gasteiger partial charge in [-0.2, -0.15) is 5.10 Å². The van der Waals surface area contributed by atoms with Crippen LogP contribution in [-0.2, 0) is 5.41 Å². The minimum Gasteiger partial charge on any atom is -0.330 e. The molecule has 15 heavy (non-hydrogen) atoms. The summed E-state index contributed by atoms with van der Waals surface area (Å²) in [7, 11) is 0. The van der Waals surface area contributed by atoms with Crippen molar-refractivity contribution < 1.29 is 0 Å². The van der Waals surface area contributed by atoms with E-state index in [-0.39, 0.29) is 0 Å². The van der Waals surface area contributed by atoms with Gasteiger partial charge in [0.25, 0.3) is 0 Å². The van der Waals surface area contributed by atoms with Gasteiger partial charge < -0.3 is 5.73 Å². The number of hydrogen-bond donors (Lipinski definition) is 1. The van der Waals surface area contributed by atoms with Crippen LogP contribution in [0.25, 0.3) is 5.65 Å². The molecule has 4 nitrogen and oxygen atoms in total. The Morgan fingerprint density at radius 2 is 2.33 bits per heavy atom. The van der Waals surface area contributed by atoms with Crippen LogP contribution in [-0.4, -0.2) is 21.1 Å². The normalized spacial score (nSPS) is 18.2. The number of hydrogen-bond acceptors (Lipinski definition) is 3. The first-order valence-electron chi connectivity index (χ1n) is 5.34. The summed E-state index contributed by atoms with van der Waals surface area (Å²) in [6.07, 6.45) is 9.36. The van der Waals surface area contributed by atoms with Crippen molar-refractivity contribution in [1.29, 1.82) is 0 Å². The fourth-order valence-corrected chi connectivity index (χ4v) is 2.19. The Morgan fingerprint density at radius 1 is 1.47 bits per heavy atom. The third kappa shape index (κ3) is 1.33. The highest BCUT2D eigenvalue weighted by Crippen LogP contribution is 2.50. The second kappa shape index (κ2) is 3.03. The van der Waals surface area contributed by atoms with Crippen molar-refractivity contribution in [3.8, 4) is 0 Å². The van der Waals surface area contributed by atoms with Crippen molar-refractivity contribution in [3.63, 3.8) is 0 Å². The molecule has 0 saturated heterocycles. The predicted molar refractivity (Wildman–Crippen MR) is 57.6 cm³/mol. The maximum absolute atomic E-state index is 5.64. The van der Waals surface area contributed by atoms with E-state index in [9.17, 15) is 0 Å². The van der Waals surface area contributed by atoms with E-state index < -0.39 is 0 Å². The topological polar surface area (TPSA) is 56.2 Å². The van der Waals surface area contributed by atoms with Gasteiger partial charge in [-0.25, -0.2) is 9.50 Å². The van der Waals surface area contributed by atoms with E-state index >= 15 is 0 Å². The van der Waals surface area contributed by atoms with Crippen LogP contribution in [0.3, 0.4) is 0 Å². The Bertz CT molecular complexity index is 484. The quantitative estimate of drug-likeness (QED) is 0.811. The molecule has 78 valence electrons. The molecule has 0 aromatic carbocycles. The molecular weight excluding hydrogens is 188 g/mol. The molecule has 0 spiro atoms. The molecule has 2 N–H and O–H groups in total. The molecule has 4 heteroatoms. The van der Waals surface area contributed by atoms with Crippen LogP contribution in [0.1, 0.15) is 24.8 Å². The number of aromatic nitrogens is 3. The molecular formula is C11H14N4. The van der Waals surface area contributed by atoms with Gasteiger partial charge in [0.05, 0.1) is 6.20 Å². The lowest BCUT2D eigenvalue weighted by Crippen LogP contribution is -2.14. The third-order valence-corrected chi connectivity index (χ3v) is 3.34. The molecule has 1 aliphatic rings. The molecule has 1 fully saturated rings. The summed E-state index contributed by atoms with van der Waals surface area (Å²) in [6.45, 7) is 0.747. The van der Waals surface area contributed by atoms with Crippen molar-refractivity contribution in [1.82, 2.24) is 14.6 Å². The standard InChI is InChI=1S/C11H14N4/c12-5-4-11(2-3-11)9-7-13-10-1-6-14-15(10)8-9/h1,6-8H,2-5,12H2. The van der Waals surface area contributed by atoms with Crippen molar-refractivity contribution in [2.24, 2.45) is 5.73 Å². The maximum Gasteiger partial charge on any atom is 0.154 e. The summed E-state index contributed by atoms with van der Waals surface area (Å²) in [5.41, 5.74) is 8.14. The van der Waals surface area contributed by atoms with Crippen molar-refractivity contribution in [3.05, 3.63) is 30.2 Å². The molecule has 0 radical (unpaired) electrons. The smallest absolute Gasteiger partial charge is 0.154 e. The summed E-state index contributed by atoms with van der Waals surface area (Å²) in [4.78, 5) is 4.39. The summed E-state index contributed by atoms with van der Waals surface area (Å²) >= 11 is 0. The first-order chi connectivity index (χ1) is 7.34. The zero-order valence-corrected chi connectivity index (χ0v) is 8.56. The van der Waals surface area contributed by atoms with E-state index in [0.29, 0.717) is 5.41 Å². The second-order valence-corrected chi connectivity index (χ2v) is 4.30. The minimum atomic E-state index is 0.307. The average Bonchev–Trinajstić information content (AvgIpc) is 2.89. The van der Waals surface area contributed by atoms with Gasteiger partial charge in [-0.05, 0) is 36.8 Å². The molecule has 3 rings (SSSR count). The van der Waals surface area contributed by atoms with Crippen LogP contribution < -0.4 is 5.73 Å². The third-order valence-electron chi connectivity index (χ3n) is 3.34. The maximum atomic E-state index is 5.64. The van der Waals surface area contributed by atoms with Gasteiger partial charge in [0.15, 0.2) is 5.65 Å². The van der Waals surface area contributed by atoms with Gasteiger partial charge >= 0.3 is 0 Å². The van der Waals surface area contributed by atoms with Crippen LogP contribution in [0, 0.1) is 0 Å². The summed E-state index contributed by atoms with van der Waals surface area (Å²) in [5.74, 6) is 0. The fourth-order valence-electron chi connectivity index (χ4n) is 2.19. The fraction of sp³-hybridized carbons (Fsp3) is 0.455. The molecule has 0 bridgehead atoms. The monoisotopic (exact) mass is 202 g/mol. The van der Waals surface area contributed by atoms with E-state index in [1.165, 1.54) is 18.4 Å². The second-order valence-electron chi connectivity index (χ2n) is 4.30. The number of fused-ring (bicyclic) bond motifs is 1. The van der Waals surface area contributed by atoms with Crippen LogP contribution in [0.2, 0.25) is 0 Å². The lowest BCUT2D eigenvalue weighted by atomic mass is 9.95. The van der Waals surface area contributed by atoms with Gasteiger partial charge in [0, 0.05) is 18.5 Å². The van der Waals surface area contributed by atoms with Crippen molar-refractivity contribution >= 4 is 5.65 Å². The number of nitrogens with two attached hydrogens (primary N) is 1. The summed E-state index contributed by atoms with van der Waals surface area (Å²) in [6, 6.07) is 1.91. The molecule has 2 aromatic heterocycles. The molecule has 0 amide bonds. The van der Waals surface area contributed by atoms with Gasteiger partial charge in [-0.1, -0.05) is 0 Å². The number of nitrogens with zero attached hydrogens (tertiary/aromatic N) is 3. The van der Waals surface area contributed by atoms with E-state index in [4.69, 9.17) is 5.73 Å². The Labute approximate surface area is 88.1 Å². The van der Waals surface area contributed by atoms with Crippen molar-refractivity contribution in [2.75, 3.05) is 6.54 Å². The van der Waals surface area contributed by atoms with E-state index in [0.717, 1.165) is 18.6 Å². The predicted octanol–water partition coefficient (Wildman–Crippen LogP) is 1.11. The molecule has 1 aliphatic carbocycles. The molecule has 0 atom stereocenters. The average molecular weight is 202 g/mol. The van der Waals surface area contributed by atoms with Crippen molar-refractivity contribution in [2.45, 2.75) is 24.7 Å². The highest BCUT2D eigenvalue weighted by molar-refractivity contribution is 5.38. The summed E-state index contributed by atoms with van der Waals surface area (Å²) < 4.78 is 1.84. The first kappa shape index (κ1) is 8.85. The van der Waals surface area contributed by atoms with Gasteiger partial charge in [-0.15, -0.1) is 0 Å². The Kier molecular flexibility index (Phi) is 1.79. The highest BCUT2D eigenvalue weighted by Gasteiger charge is 2.43. The summed E-state index contributed by atoms with van der Waals surface area (Å²) in [5, 5.41) is 4.20. The molecule has 0 aliphatic heterocycles. The molecule has 0 unspecified atom stereocenters. The van der Waals surface area contributed by atoms with Crippen LogP contribution in [0.5, 0.6) is 0 Å². The van der Waals surface area contributed by atoms with E-state index in [1.807, 2.05) is 16.8 Å². The van der Waals surface area contributed by atoms with Gasteiger partial charge in [0.2, 0.25) is 0 Å². The highest BCUT2D eigenvalue weighted by atomic mass is 15.2.